The monoisotopic (exact) mass is 301 g/mol. The number of benzene rings is 1. The van der Waals surface area contributed by atoms with Crippen LogP contribution in [-0.4, -0.2) is 22.2 Å². The van der Waals surface area contributed by atoms with Crippen LogP contribution in [0.2, 0.25) is 5.02 Å². The number of carbonyl (C=O) groups excluding carboxylic acids is 1. The molecular weight excluding hydrogens is 289 g/mol. The Kier molecular flexibility index (Phi) is 3.55. The molecule has 1 aromatic rings. The van der Waals surface area contributed by atoms with Crippen molar-refractivity contribution in [3.8, 4) is 0 Å². The van der Waals surface area contributed by atoms with Gasteiger partial charge in [-0.1, -0.05) is 39.7 Å². The molecule has 4 heteroatoms. The molecule has 2 rings (SSSR count). The molecule has 0 N–H and O–H groups in total. The van der Waals surface area contributed by atoms with Gasteiger partial charge in [0.2, 0.25) is 5.91 Å². The smallest absolute Gasteiger partial charge is 0.224 e. The van der Waals surface area contributed by atoms with Gasteiger partial charge in [-0.3, -0.25) is 4.79 Å². The minimum atomic E-state index is 0.193. The zero-order valence-electron chi connectivity index (χ0n) is 9.04. The highest BCUT2D eigenvalue weighted by molar-refractivity contribution is 9.09. The highest BCUT2D eigenvalue weighted by Crippen LogP contribution is 2.24. The van der Waals surface area contributed by atoms with Gasteiger partial charge in [0.1, 0.15) is 0 Å². The Morgan fingerprint density at radius 2 is 2.31 bits per heavy atom. The lowest BCUT2D eigenvalue weighted by Crippen LogP contribution is -2.24. The second kappa shape index (κ2) is 4.76. The molecule has 1 aliphatic rings. The quantitative estimate of drug-likeness (QED) is 0.769. The van der Waals surface area contributed by atoms with Gasteiger partial charge in [0, 0.05) is 29.4 Å². The Balaban J connectivity index is 2.12. The van der Waals surface area contributed by atoms with Gasteiger partial charge in [-0.25, -0.2) is 0 Å². The van der Waals surface area contributed by atoms with Gasteiger partial charge in [0.15, 0.2) is 0 Å². The van der Waals surface area contributed by atoms with E-state index < -0.39 is 0 Å². The van der Waals surface area contributed by atoms with Crippen LogP contribution in [-0.2, 0) is 11.3 Å². The van der Waals surface area contributed by atoms with Gasteiger partial charge in [-0.15, -0.1) is 0 Å². The Labute approximate surface area is 109 Å². The Morgan fingerprint density at radius 1 is 1.56 bits per heavy atom. The van der Waals surface area contributed by atoms with Crippen LogP contribution >= 0.6 is 27.5 Å². The fourth-order valence-electron chi connectivity index (χ4n) is 1.86. The molecule has 2 nitrogen and oxygen atoms in total. The lowest BCUT2D eigenvalue weighted by Gasteiger charge is -2.16. The van der Waals surface area contributed by atoms with E-state index in [2.05, 4.69) is 15.9 Å². The van der Waals surface area contributed by atoms with Crippen LogP contribution < -0.4 is 0 Å². The number of nitrogens with zero attached hydrogens (tertiary/aromatic N) is 1. The van der Waals surface area contributed by atoms with Crippen LogP contribution in [0.1, 0.15) is 17.5 Å². The minimum Gasteiger partial charge on any atom is -0.337 e. The molecule has 0 saturated carbocycles. The number of carbonyl (C=O) groups is 1. The summed E-state index contributed by atoms with van der Waals surface area (Å²) in [6.45, 7) is 3.38. The summed E-state index contributed by atoms with van der Waals surface area (Å²) in [5.74, 6) is 0.193. The van der Waals surface area contributed by atoms with Crippen LogP contribution in [0.15, 0.2) is 18.2 Å². The molecule has 0 radical (unpaired) electrons. The molecule has 1 heterocycles. The van der Waals surface area contributed by atoms with Crippen LogP contribution in [0.5, 0.6) is 0 Å². The summed E-state index contributed by atoms with van der Waals surface area (Å²) in [5, 5.41) is 0.742. The van der Waals surface area contributed by atoms with Crippen LogP contribution in [0.25, 0.3) is 0 Å². The van der Waals surface area contributed by atoms with Crippen LogP contribution in [0.4, 0.5) is 0 Å². The number of likely N-dealkylation sites (tertiary alicyclic amines) is 1. The molecule has 1 saturated heterocycles. The Bertz CT molecular complexity index is 421. The van der Waals surface area contributed by atoms with E-state index in [0.29, 0.717) is 13.0 Å². The van der Waals surface area contributed by atoms with Crippen LogP contribution in [0, 0.1) is 6.92 Å². The topological polar surface area (TPSA) is 20.3 Å². The summed E-state index contributed by atoms with van der Waals surface area (Å²) in [6.07, 6.45) is 0.587. The lowest BCUT2D eigenvalue weighted by atomic mass is 10.1. The first-order valence-corrected chi connectivity index (χ1v) is 6.52. The third-order valence-corrected chi connectivity index (χ3v) is 3.70. The molecule has 1 fully saturated rings. The third kappa shape index (κ3) is 2.58. The zero-order chi connectivity index (χ0) is 11.7. The first-order valence-electron chi connectivity index (χ1n) is 5.23. The van der Waals surface area contributed by atoms with Gasteiger partial charge in [-0.05, 0) is 24.1 Å². The van der Waals surface area contributed by atoms with Crippen molar-refractivity contribution in [1.29, 1.82) is 0 Å². The molecule has 1 unspecified atom stereocenters. The number of rotatable bonds is 2. The average Bonchev–Trinajstić information content (AvgIpc) is 2.50. The number of alkyl halides is 1. The van der Waals surface area contributed by atoms with Gasteiger partial charge < -0.3 is 4.90 Å². The lowest BCUT2D eigenvalue weighted by molar-refractivity contribution is -0.128. The van der Waals surface area contributed by atoms with Gasteiger partial charge in [0.25, 0.3) is 0 Å². The summed E-state index contributed by atoms with van der Waals surface area (Å²) in [7, 11) is 0. The Hall–Kier alpha value is -0.540. The molecular formula is C12H13BrClNO. The van der Waals surface area contributed by atoms with Gasteiger partial charge in [-0.2, -0.15) is 0 Å². The highest BCUT2D eigenvalue weighted by Gasteiger charge is 2.27. The van der Waals surface area contributed by atoms with E-state index in [9.17, 15) is 4.79 Å². The maximum atomic E-state index is 11.6. The molecule has 1 aliphatic heterocycles. The standard InChI is InChI=1S/C12H13BrClNO/c1-8-2-3-9(11(14)4-8)6-15-7-10(13)5-12(15)16/h2-4,10H,5-7H2,1H3. The van der Waals surface area contributed by atoms with Crippen molar-refractivity contribution in [3.63, 3.8) is 0 Å². The van der Waals surface area contributed by atoms with E-state index in [1.165, 1.54) is 0 Å². The first-order chi connectivity index (χ1) is 7.56. The first kappa shape index (κ1) is 11.9. The second-order valence-electron chi connectivity index (χ2n) is 4.17. The van der Waals surface area contributed by atoms with Crippen LogP contribution in [0.3, 0.4) is 0 Å². The molecule has 0 aliphatic carbocycles. The number of aryl methyl sites for hydroxylation is 1. The zero-order valence-corrected chi connectivity index (χ0v) is 11.4. The SMILES string of the molecule is Cc1ccc(CN2CC(Br)CC2=O)c(Cl)c1. The summed E-state index contributed by atoms with van der Waals surface area (Å²) < 4.78 is 0. The predicted molar refractivity (Wildman–Crippen MR) is 68.9 cm³/mol. The minimum absolute atomic E-state index is 0.193. The molecule has 1 atom stereocenters. The van der Waals surface area contributed by atoms with E-state index in [0.717, 1.165) is 22.7 Å². The fraction of sp³-hybridized carbons (Fsp3) is 0.417. The molecule has 16 heavy (non-hydrogen) atoms. The average molecular weight is 303 g/mol. The number of hydrogen-bond acceptors (Lipinski definition) is 1. The van der Waals surface area contributed by atoms with E-state index in [1.54, 1.807) is 0 Å². The summed E-state index contributed by atoms with van der Waals surface area (Å²) >= 11 is 9.61. The van der Waals surface area contributed by atoms with Crippen molar-refractivity contribution < 1.29 is 4.79 Å². The molecule has 0 spiro atoms. The van der Waals surface area contributed by atoms with E-state index in [-0.39, 0.29) is 10.7 Å². The van der Waals surface area contributed by atoms with E-state index in [1.807, 2.05) is 30.0 Å². The molecule has 86 valence electrons. The molecule has 1 amide bonds. The van der Waals surface area contributed by atoms with Crippen molar-refractivity contribution in [2.24, 2.45) is 0 Å². The second-order valence-corrected chi connectivity index (χ2v) is 5.87. The predicted octanol–water partition coefficient (Wildman–Crippen LogP) is 3.14. The number of hydrogen-bond donors (Lipinski definition) is 0. The van der Waals surface area contributed by atoms with E-state index in [4.69, 9.17) is 11.6 Å². The van der Waals surface area contributed by atoms with Crippen molar-refractivity contribution in [2.45, 2.75) is 24.7 Å². The summed E-state index contributed by atoms with van der Waals surface area (Å²) in [6, 6.07) is 5.95. The van der Waals surface area contributed by atoms with Gasteiger partial charge >= 0.3 is 0 Å². The van der Waals surface area contributed by atoms with Crippen molar-refractivity contribution >= 4 is 33.4 Å². The largest absolute Gasteiger partial charge is 0.337 e. The Morgan fingerprint density at radius 3 is 2.88 bits per heavy atom. The van der Waals surface area contributed by atoms with E-state index >= 15 is 0 Å². The molecule has 1 aromatic carbocycles. The van der Waals surface area contributed by atoms with Crippen molar-refractivity contribution in [3.05, 3.63) is 34.3 Å². The molecule has 0 aromatic heterocycles. The highest BCUT2D eigenvalue weighted by atomic mass is 79.9. The normalized spacial score (nSPS) is 20.6. The maximum Gasteiger partial charge on any atom is 0.224 e. The maximum absolute atomic E-state index is 11.6. The van der Waals surface area contributed by atoms with Crippen molar-refractivity contribution in [2.75, 3.05) is 6.54 Å². The third-order valence-electron chi connectivity index (χ3n) is 2.74. The number of amides is 1. The number of halogens is 2. The van der Waals surface area contributed by atoms with Gasteiger partial charge in [0.05, 0.1) is 0 Å². The summed E-state index contributed by atoms with van der Waals surface area (Å²) in [4.78, 5) is 13.7. The van der Waals surface area contributed by atoms with Crippen molar-refractivity contribution in [1.82, 2.24) is 4.90 Å². The fourth-order valence-corrected chi connectivity index (χ4v) is 2.78. The summed E-state index contributed by atoms with van der Waals surface area (Å²) in [5.41, 5.74) is 2.15. The molecule has 0 bridgehead atoms.